The highest BCUT2D eigenvalue weighted by atomic mass is 32.2. The number of aliphatic hydroxyl groups is 1. The van der Waals surface area contributed by atoms with Crippen LogP contribution in [-0.4, -0.2) is 39.4 Å². The summed E-state index contributed by atoms with van der Waals surface area (Å²) in [6.45, 7) is 1.83. The van der Waals surface area contributed by atoms with Crippen molar-refractivity contribution in [3.63, 3.8) is 0 Å². The molecule has 7 heteroatoms. The van der Waals surface area contributed by atoms with Crippen LogP contribution >= 0.6 is 0 Å². The smallest absolute Gasteiger partial charge is 0.339 e. The molecule has 1 aromatic carbocycles. The molecule has 0 radical (unpaired) electrons. The fourth-order valence-corrected chi connectivity index (χ4v) is 1.92. The summed E-state index contributed by atoms with van der Waals surface area (Å²) in [7, 11) is -1.91. The van der Waals surface area contributed by atoms with Gasteiger partial charge in [-0.15, -0.1) is 0 Å². The van der Waals surface area contributed by atoms with E-state index in [-0.39, 0.29) is 6.61 Å². The van der Waals surface area contributed by atoms with Gasteiger partial charge in [0.2, 0.25) is 10.0 Å². The van der Waals surface area contributed by atoms with Crippen molar-refractivity contribution < 1.29 is 23.1 Å². The standard InChI is InChI=1S/C12H17NO5S/c1-4-18-12(15)11(14)9-5-7-10(8-6-9)13(2)19(3,16)17/h5-8,11,14H,4H2,1-3H3. The molecule has 0 aliphatic heterocycles. The first-order valence-corrected chi connectivity index (χ1v) is 7.50. The zero-order valence-corrected chi connectivity index (χ0v) is 11.8. The van der Waals surface area contributed by atoms with Crippen LogP contribution < -0.4 is 4.31 Å². The van der Waals surface area contributed by atoms with Crippen molar-refractivity contribution in [1.29, 1.82) is 0 Å². The van der Waals surface area contributed by atoms with E-state index in [0.29, 0.717) is 11.3 Å². The Morgan fingerprint density at radius 1 is 1.37 bits per heavy atom. The third-order valence-electron chi connectivity index (χ3n) is 2.58. The van der Waals surface area contributed by atoms with Gasteiger partial charge in [-0.1, -0.05) is 12.1 Å². The van der Waals surface area contributed by atoms with Gasteiger partial charge in [-0.3, -0.25) is 4.31 Å². The van der Waals surface area contributed by atoms with Crippen LogP contribution in [0, 0.1) is 0 Å². The average molecular weight is 287 g/mol. The minimum atomic E-state index is -3.33. The lowest BCUT2D eigenvalue weighted by Crippen LogP contribution is -2.24. The third-order valence-corrected chi connectivity index (χ3v) is 3.79. The number of hydrogen-bond acceptors (Lipinski definition) is 5. The summed E-state index contributed by atoms with van der Waals surface area (Å²) in [5.74, 6) is -0.730. The SMILES string of the molecule is CCOC(=O)C(O)c1ccc(N(C)S(C)(=O)=O)cc1. The van der Waals surface area contributed by atoms with Crippen molar-refractivity contribution in [2.75, 3.05) is 24.2 Å². The van der Waals surface area contributed by atoms with Crippen LogP contribution in [0.5, 0.6) is 0 Å². The quantitative estimate of drug-likeness (QED) is 0.805. The van der Waals surface area contributed by atoms with Gasteiger partial charge in [0.25, 0.3) is 0 Å². The van der Waals surface area contributed by atoms with Crippen LogP contribution in [0.2, 0.25) is 0 Å². The minimum Gasteiger partial charge on any atom is -0.464 e. The highest BCUT2D eigenvalue weighted by Gasteiger charge is 2.19. The van der Waals surface area contributed by atoms with Gasteiger partial charge in [0.15, 0.2) is 6.10 Å². The summed E-state index contributed by atoms with van der Waals surface area (Å²) < 4.78 is 28.5. The summed E-state index contributed by atoms with van der Waals surface area (Å²) in [4.78, 5) is 11.3. The van der Waals surface area contributed by atoms with Crippen LogP contribution in [-0.2, 0) is 19.6 Å². The molecule has 1 rings (SSSR count). The summed E-state index contributed by atoms with van der Waals surface area (Å²) in [5, 5.41) is 9.70. The first-order chi connectivity index (χ1) is 8.77. The topological polar surface area (TPSA) is 83.9 Å². The maximum atomic E-state index is 11.3. The molecule has 0 spiro atoms. The second-order valence-electron chi connectivity index (χ2n) is 3.98. The van der Waals surface area contributed by atoms with Crippen LogP contribution in [0.3, 0.4) is 0 Å². The predicted molar refractivity (Wildman–Crippen MR) is 71.3 cm³/mol. The van der Waals surface area contributed by atoms with Crippen molar-refractivity contribution in [3.8, 4) is 0 Å². The molecule has 19 heavy (non-hydrogen) atoms. The molecule has 0 saturated heterocycles. The molecule has 106 valence electrons. The molecular weight excluding hydrogens is 270 g/mol. The predicted octanol–water partition coefficient (Wildman–Crippen LogP) is 0.679. The molecule has 0 bridgehead atoms. The molecular formula is C12H17NO5S. The summed E-state index contributed by atoms with van der Waals surface area (Å²) in [5.41, 5.74) is 0.798. The van der Waals surface area contributed by atoms with Crippen molar-refractivity contribution in [3.05, 3.63) is 29.8 Å². The number of sulfonamides is 1. The molecule has 0 fully saturated rings. The number of nitrogens with zero attached hydrogens (tertiary/aromatic N) is 1. The number of benzene rings is 1. The van der Waals surface area contributed by atoms with Gasteiger partial charge >= 0.3 is 5.97 Å². The molecule has 0 amide bonds. The van der Waals surface area contributed by atoms with Gasteiger partial charge in [-0.05, 0) is 24.6 Å². The zero-order valence-electron chi connectivity index (χ0n) is 11.0. The molecule has 1 unspecified atom stereocenters. The number of carbonyl (C=O) groups excluding carboxylic acids is 1. The zero-order chi connectivity index (χ0) is 14.6. The third kappa shape index (κ3) is 3.93. The van der Waals surface area contributed by atoms with Crippen LogP contribution in [0.4, 0.5) is 5.69 Å². The summed E-state index contributed by atoms with van der Waals surface area (Å²) in [6.07, 6.45) is -0.272. The fraction of sp³-hybridized carbons (Fsp3) is 0.417. The summed E-state index contributed by atoms with van der Waals surface area (Å²) >= 11 is 0. The molecule has 1 atom stereocenters. The monoisotopic (exact) mass is 287 g/mol. The van der Waals surface area contributed by atoms with Crippen molar-refractivity contribution >= 4 is 21.7 Å². The maximum absolute atomic E-state index is 11.3. The van der Waals surface area contributed by atoms with Gasteiger partial charge in [-0.2, -0.15) is 0 Å². The Balaban J connectivity index is 2.91. The van der Waals surface area contributed by atoms with Gasteiger partial charge in [0.1, 0.15) is 0 Å². The molecule has 0 aliphatic rings. The van der Waals surface area contributed by atoms with E-state index >= 15 is 0 Å². The Morgan fingerprint density at radius 3 is 2.32 bits per heavy atom. The van der Waals surface area contributed by atoms with E-state index < -0.39 is 22.1 Å². The van der Waals surface area contributed by atoms with Crippen molar-refractivity contribution in [1.82, 2.24) is 0 Å². The average Bonchev–Trinajstić information content (AvgIpc) is 2.36. The fourth-order valence-electron chi connectivity index (χ4n) is 1.42. The second-order valence-corrected chi connectivity index (χ2v) is 5.99. The van der Waals surface area contributed by atoms with E-state index in [1.54, 1.807) is 6.92 Å². The number of ether oxygens (including phenoxy) is 1. The van der Waals surface area contributed by atoms with E-state index in [1.165, 1.54) is 31.3 Å². The van der Waals surface area contributed by atoms with E-state index in [1.807, 2.05) is 0 Å². The van der Waals surface area contributed by atoms with Crippen LogP contribution in [0.15, 0.2) is 24.3 Å². The molecule has 0 saturated carbocycles. The maximum Gasteiger partial charge on any atom is 0.339 e. The molecule has 0 aliphatic carbocycles. The van der Waals surface area contributed by atoms with E-state index in [0.717, 1.165) is 10.6 Å². The Bertz CT molecular complexity index is 538. The number of carbonyl (C=O) groups is 1. The normalized spacial score (nSPS) is 12.8. The molecule has 1 aromatic rings. The Labute approximate surface area is 112 Å². The minimum absolute atomic E-state index is 0.185. The summed E-state index contributed by atoms with van der Waals surface area (Å²) in [6, 6.07) is 5.99. The lowest BCUT2D eigenvalue weighted by atomic mass is 10.1. The lowest BCUT2D eigenvalue weighted by molar-refractivity contribution is -0.153. The van der Waals surface area contributed by atoms with Gasteiger partial charge in [0.05, 0.1) is 18.6 Å². The van der Waals surface area contributed by atoms with E-state index in [9.17, 15) is 18.3 Å². The number of esters is 1. The largest absolute Gasteiger partial charge is 0.464 e. The Hall–Kier alpha value is -1.60. The molecule has 6 nitrogen and oxygen atoms in total. The first-order valence-electron chi connectivity index (χ1n) is 5.66. The molecule has 0 aromatic heterocycles. The van der Waals surface area contributed by atoms with E-state index in [2.05, 4.69) is 0 Å². The number of rotatable bonds is 5. The van der Waals surface area contributed by atoms with Gasteiger partial charge < -0.3 is 9.84 Å². The first kappa shape index (κ1) is 15.5. The molecule has 1 N–H and O–H groups in total. The Morgan fingerprint density at radius 2 is 1.89 bits per heavy atom. The highest BCUT2D eigenvalue weighted by molar-refractivity contribution is 7.92. The number of hydrogen-bond donors (Lipinski definition) is 1. The van der Waals surface area contributed by atoms with Gasteiger partial charge in [-0.25, -0.2) is 13.2 Å². The lowest BCUT2D eigenvalue weighted by Gasteiger charge is -2.17. The highest BCUT2D eigenvalue weighted by Crippen LogP contribution is 2.20. The molecule has 0 heterocycles. The van der Waals surface area contributed by atoms with E-state index in [4.69, 9.17) is 4.74 Å². The van der Waals surface area contributed by atoms with Crippen molar-refractivity contribution in [2.45, 2.75) is 13.0 Å². The van der Waals surface area contributed by atoms with Crippen LogP contribution in [0.1, 0.15) is 18.6 Å². The number of aliphatic hydroxyl groups excluding tert-OH is 1. The number of anilines is 1. The van der Waals surface area contributed by atoms with Gasteiger partial charge in [0, 0.05) is 7.05 Å². The Kier molecular flexibility index (Phi) is 4.90. The van der Waals surface area contributed by atoms with Crippen LogP contribution in [0.25, 0.3) is 0 Å². The second kappa shape index (κ2) is 6.03. The van der Waals surface area contributed by atoms with Crippen molar-refractivity contribution in [2.24, 2.45) is 0 Å².